The van der Waals surface area contributed by atoms with Gasteiger partial charge in [0, 0.05) is 5.69 Å². The van der Waals surface area contributed by atoms with Crippen molar-refractivity contribution >= 4 is 23.2 Å². The van der Waals surface area contributed by atoms with Gasteiger partial charge in [0.1, 0.15) is 11.2 Å². The van der Waals surface area contributed by atoms with E-state index in [0.717, 1.165) is 16.8 Å². The summed E-state index contributed by atoms with van der Waals surface area (Å²) in [4.78, 5) is 25.5. The average molecular weight is 338 g/mol. The van der Waals surface area contributed by atoms with E-state index >= 15 is 0 Å². The van der Waals surface area contributed by atoms with E-state index in [2.05, 4.69) is 10.6 Å². The van der Waals surface area contributed by atoms with Gasteiger partial charge in [-0.3, -0.25) is 9.59 Å². The Morgan fingerprint density at radius 2 is 1.52 bits per heavy atom. The van der Waals surface area contributed by atoms with E-state index in [1.165, 1.54) is 0 Å². The highest BCUT2D eigenvalue weighted by Gasteiger charge is 2.56. The molecule has 1 aliphatic rings. The molecule has 0 heterocycles. The molecule has 5 heteroatoms. The Kier molecular flexibility index (Phi) is 4.49. The quantitative estimate of drug-likeness (QED) is 0.818. The van der Waals surface area contributed by atoms with Crippen molar-refractivity contribution < 1.29 is 14.3 Å². The van der Waals surface area contributed by atoms with Crippen molar-refractivity contribution in [2.24, 2.45) is 5.41 Å². The zero-order valence-electron chi connectivity index (χ0n) is 14.7. The molecule has 2 amide bonds. The average Bonchev–Trinajstić information content (AvgIpc) is 3.40. The molecule has 2 aromatic carbocycles. The molecule has 0 unspecified atom stereocenters. The first-order chi connectivity index (χ1) is 12.0. The van der Waals surface area contributed by atoms with Gasteiger partial charge < -0.3 is 15.4 Å². The highest BCUT2D eigenvalue weighted by Crippen LogP contribution is 2.48. The maximum absolute atomic E-state index is 12.8. The van der Waals surface area contributed by atoms with Gasteiger partial charge in [-0.2, -0.15) is 0 Å². The van der Waals surface area contributed by atoms with Gasteiger partial charge in [0.2, 0.25) is 11.8 Å². The molecule has 1 saturated carbocycles. The Bertz CT molecular complexity index is 805. The number of anilines is 2. The van der Waals surface area contributed by atoms with Gasteiger partial charge in [0.05, 0.1) is 12.8 Å². The lowest BCUT2D eigenvalue weighted by atomic mass is 10.0. The Hall–Kier alpha value is -2.82. The minimum absolute atomic E-state index is 0.253. The summed E-state index contributed by atoms with van der Waals surface area (Å²) in [5, 5.41) is 5.78. The number of aryl methyl sites for hydroxylation is 2. The molecule has 0 aromatic heterocycles. The zero-order chi connectivity index (χ0) is 18.0. The summed E-state index contributed by atoms with van der Waals surface area (Å²) in [6.07, 6.45) is 1.09. The molecule has 0 spiro atoms. The van der Waals surface area contributed by atoms with Gasteiger partial charge in [0.15, 0.2) is 0 Å². The number of methoxy groups -OCH3 is 1. The fraction of sp³-hybridized carbons (Fsp3) is 0.300. The number of para-hydroxylation sites is 3. The summed E-state index contributed by atoms with van der Waals surface area (Å²) in [6.45, 7) is 3.88. The van der Waals surface area contributed by atoms with Crippen LogP contribution < -0.4 is 15.4 Å². The topological polar surface area (TPSA) is 67.4 Å². The lowest BCUT2D eigenvalue weighted by molar-refractivity contribution is -0.131. The smallest absolute Gasteiger partial charge is 0.240 e. The second-order valence-electron chi connectivity index (χ2n) is 6.46. The van der Waals surface area contributed by atoms with E-state index < -0.39 is 5.41 Å². The number of carbonyl (C=O) groups excluding carboxylic acids is 2. The number of rotatable bonds is 5. The Morgan fingerprint density at radius 1 is 0.920 bits per heavy atom. The fourth-order valence-corrected chi connectivity index (χ4v) is 2.92. The van der Waals surface area contributed by atoms with Gasteiger partial charge in [-0.15, -0.1) is 0 Å². The Balaban J connectivity index is 1.77. The van der Waals surface area contributed by atoms with Crippen molar-refractivity contribution in [2.75, 3.05) is 17.7 Å². The molecule has 0 saturated heterocycles. The second kappa shape index (κ2) is 6.59. The van der Waals surface area contributed by atoms with Gasteiger partial charge >= 0.3 is 0 Å². The number of ether oxygens (including phenoxy) is 1. The first-order valence-electron chi connectivity index (χ1n) is 8.30. The molecule has 0 bridgehead atoms. The number of hydrogen-bond acceptors (Lipinski definition) is 3. The highest BCUT2D eigenvalue weighted by atomic mass is 16.5. The van der Waals surface area contributed by atoms with E-state index in [9.17, 15) is 9.59 Å². The number of carbonyl (C=O) groups is 2. The molecule has 1 aliphatic carbocycles. The van der Waals surface area contributed by atoms with Crippen molar-refractivity contribution in [1.82, 2.24) is 0 Å². The standard InChI is InChI=1S/C20H22N2O3/c1-13-7-6-8-14(2)17(13)22-19(24)20(11-12-20)18(23)21-15-9-4-5-10-16(15)25-3/h4-10H,11-12H2,1-3H3,(H,21,23)(H,22,24). The van der Waals surface area contributed by atoms with E-state index in [1.54, 1.807) is 19.2 Å². The first kappa shape index (κ1) is 17.0. The van der Waals surface area contributed by atoms with E-state index in [4.69, 9.17) is 4.74 Å². The summed E-state index contributed by atoms with van der Waals surface area (Å²) < 4.78 is 5.25. The maximum Gasteiger partial charge on any atom is 0.240 e. The summed E-state index contributed by atoms with van der Waals surface area (Å²) in [5.41, 5.74) is 2.31. The summed E-state index contributed by atoms with van der Waals surface area (Å²) in [7, 11) is 1.55. The summed E-state index contributed by atoms with van der Waals surface area (Å²) in [5.74, 6) is 0.0276. The molecule has 1 fully saturated rings. The van der Waals surface area contributed by atoms with Crippen LogP contribution in [0.2, 0.25) is 0 Å². The number of hydrogen-bond donors (Lipinski definition) is 2. The van der Waals surface area contributed by atoms with Gasteiger partial charge in [-0.05, 0) is 49.9 Å². The third kappa shape index (κ3) is 3.22. The molecule has 5 nitrogen and oxygen atoms in total. The molecule has 0 atom stereocenters. The van der Waals surface area contributed by atoms with Crippen molar-refractivity contribution in [3.05, 3.63) is 53.6 Å². The lowest BCUT2D eigenvalue weighted by Crippen LogP contribution is -2.36. The number of nitrogens with one attached hydrogen (secondary N) is 2. The maximum atomic E-state index is 12.8. The molecule has 0 radical (unpaired) electrons. The van der Waals surface area contributed by atoms with Crippen molar-refractivity contribution in [2.45, 2.75) is 26.7 Å². The van der Waals surface area contributed by atoms with E-state index in [1.807, 2.05) is 44.2 Å². The molecule has 2 N–H and O–H groups in total. The molecule has 0 aliphatic heterocycles. The monoisotopic (exact) mass is 338 g/mol. The van der Waals surface area contributed by atoms with Crippen molar-refractivity contribution in [3.8, 4) is 5.75 Å². The van der Waals surface area contributed by atoms with Crippen LogP contribution in [0.4, 0.5) is 11.4 Å². The molecule has 25 heavy (non-hydrogen) atoms. The van der Waals surface area contributed by atoms with Crippen LogP contribution in [0, 0.1) is 19.3 Å². The first-order valence-corrected chi connectivity index (χ1v) is 8.30. The largest absolute Gasteiger partial charge is 0.495 e. The van der Waals surface area contributed by atoms with Crippen LogP contribution in [-0.4, -0.2) is 18.9 Å². The molecule has 130 valence electrons. The van der Waals surface area contributed by atoms with Gasteiger partial charge in [-0.1, -0.05) is 30.3 Å². The van der Waals surface area contributed by atoms with Gasteiger partial charge in [-0.25, -0.2) is 0 Å². The Morgan fingerprint density at radius 3 is 2.12 bits per heavy atom. The molecule has 2 aromatic rings. The van der Waals surface area contributed by atoms with E-state index in [0.29, 0.717) is 24.3 Å². The summed E-state index contributed by atoms with van der Waals surface area (Å²) >= 11 is 0. The zero-order valence-corrected chi connectivity index (χ0v) is 14.7. The van der Waals surface area contributed by atoms with Crippen molar-refractivity contribution in [3.63, 3.8) is 0 Å². The highest BCUT2D eigenvalue weighted by molar-refractivity contribution is 6.17. The minimum atomic E-state index is -1.00. The molecular formula is C20H22N2O3. The molecular weight excluding hydrogens is 316 g/mol. The van der Waals surface area contributed by atoms with Crippen molar-refractivity contribution in [1.29, 1.82) is 0 Å². The van der Waals surface area contributed by atoms with Gasteiger partial charge in [0.25, 0.3) is 0 Å². The van der Waals surface area contributed by atoms with Crippen LogP contribution in [0.1, 0.15) is 24.0 Å². The third-order valence-corrected chi connectivity index (χ3v) is 4.69. The number of amides is 2. The predicted molar refractivity (Wildman–Crippen MR) is 97.8 cm³/mol. The van der Waals surface area contributed by atoms with Crippen LogP contribution >= 0.6 is 0 Å². The third-order valence-electron chi connectivity index (χ3n) is 4.69. The van der Waals surface area contributed by atoms with Crippen LogP contribution in [0.25, 0.3) is 0 Å². The second-order valence-corrected chi connectivity index (χ2v) is 6.46. The Labute approximate surface area is 147 Å². The fourth-order valence-electron chi connectivity index (χ4n) is 2.92. The predicted octanol–water partition coefficient (Wildman–Crippen LogP) is 3.67. The van der Waals surface area contributed by atoms with E-state index in [-0.39, 0.29) is 11.8 Å². The van der Waals surface area contributed by atoms with Crippen LogP contribution in [-0.2, 0) is 9.59 Å². The minimum Gasteiger partial charge on any atom is -0.495 e. The van der Waals surface area contributed by atoms with Crippen LogP contribution in [0.3, 0.4) is 0 Å². The number of benzene rings is 2. The molecule has 3 rings (SSSR count). The SMILES string of the molecule is COc1ccccc1NC(=O)C1(C(=O)Nc2c(C)cccc2C)CC1. The lowest BCUT2D eigenvalue weighted by Gasteiger charge is -2.18. The normalized spacial score (nSPS) is 14.5. The van der Waals surface area contributed by atoms with Crippen LogP contribution in [0.5, 0.6) is 5.75 Å². The summed E-state index contributed by atoms with van der Waals surface area (Å²) in [6, 6.07) is 13.0. The van der Waals surface area contributed by atoms with Crippen LogP contribution in [0.15, 0.2) is 42.5 Å².